The fourth-order valence-electron chi connectivity index (χ4n) is 3.56. The Labute approximate surface area is 273 Å². The second-order valence-electron chi connectivity index (χ2n) is 9.30. The Hall–Kier alpha value is -6.44. The summed E-state index contributed by atoms with van der Waals surface area (Å²) in [5.74, 6) is -1.43. The zero-order chi connectivity index (χ0) is 34.1. The summed E-state index contributed by atoms with van der Waals surface area (Å²) in [6.07, 6.45) is 2.14. The lowest BCUT2D eigenvalue weighted by atomic mass is 10.2. The van der Waals surface area contributed by atoms with Crippen LogP contribution in [0.1, 0.15) is 0 Å². The second-order valence-corrected chi connectivity index (χ2v) is 9.30. The minimum atomic E-state index is -0.727. The summed E-state index contributed by atoms with van der Waals surface area (Å²) in [4.78, 5) is 22.1. The van der Waals surface area contributed by atoms with Crippen molar-refractivity contribution in [2.75, 3.05) is 26.4 Å². The molecule has 4 aromatic rings. The maximum atomic E-state index is 14.7. The Balaban J connectivity index is 1.27. The van der Waals surface area contributed by atoms with Gasteiger partial charge in [0.2, 0.25) is 0 Å². The van der Waals surface area contributed by atoms with E-state index in [2.05, 4.69) is 43.8 Å². The summed E-state index contributed by atoms with van der Waals surface area (Å²) in [7, 11) is 0. The molecule has 0 amide bonds. The number of benzene rings is 4. The van der Waals surface area contributed by atoms with Crippen LogP contribution in [0.5, 0.6) is 11.5 Å². The van der Waals surface area contributed by atoms with E-state index >= 15 is 0 Å². The van der Waals surface area contributed by atoms with Crippen LogP contribution in [-0.2, 0) is 19.1 Å². The third kappa shape index (κ3) is 11.2. The summed E-state index contributed by atoms with van der Waals surface area (Å²) in [6, 6.07) is 21.2. The SMILES string of the molecule is C=CC(=O)OCCOc1ccc(N=Nc2ccc(N=Nc3ccc(N=Nc4ccc(OCCOC(=O)C=C)cc4)cc3F)c(F)c2)cc1. The van der Waals surface area contributed by atoms with Gasteiger partial charge in [0.1, 0.15) is 49.3 Å². The van der Waals surface area contributed by atoms with Crippen molar-refractivity contribution in [1.82, 2.24) is 0 Å². The highest BCUT2D eigenvalue weighted by Crippen LogP contribution is 2.30. The molecule has 0 aliphatic rings. The minimum Gasteiger partial charge on any atom is -0.490 e. The normalized spacial score (nSPS) is 11.1. The van der Waals surface area contributed by atoms with Gasteiger partial charge in [-0.2, -0.15) is 20.5 Å². The molecular formula is C34H28F2N6O6. The lowest BCUT2D eigenvalue weighted by Crippen LogP contribution is -2.09. The number of halogens is 2. The molecule has 14 heteroatoms. The quantitative estimate of drug-likeness (QED) is 0.0509. The molecule has 48 heavy (non-hydrogen) atoms. The molecule has 0 unspecified atom stereocenters. The highest BCUT2D eigenvalue weighted by Gasteiger charge is 2.07. The molecule has 0 atom stereocenters. The van der Waals surface area contributed by atoms with Crippen molar-refractivity contribution in [3.05, 3.63) is 122 Å². The molecule has 0 aliphatic carbocycles. The van der Waals surface area contributed by atoms with Gasteiger partial charge < -0.3 is 18.9 Å². The van der Waals surface area contributed by atoms with E-state index < -0.39 is 23.6 Å². The number of rotatable bonds is 16. The molecule has 0 aromatic heterocycles. The number of azo groups is 3. The van der Waals surface area contributed by atoms with Crippen LogP contribution in [0.4, 0.5) is 42.9 Å². The van der Waals surface area contributed by atoms with Gasteiger partial charge in [-0.05, 0) is 72.8 Å². The van der Waals surface area contributed by atoms with Gasteiger partial charge in [0.25, 0.3) is 0 Å². The highest BCUT2D eigenvalue weighted by molar-refractivity contribution is 5.81. The summed E-state index contributed by atoms with van der Waals surface area (Å²) in [6.45, 7) is 7.12. The predicted molar refractivity (Wildman–Crippen MR) is 172 cm³/mol. The van der Waals surface area contributed by atoms with Crippen molar-refractivity contribution >= 4 is 46.1 Å². The van der Waals surface area contributed by atoms with Crippen molar-refractivity contribution < 1.29 is 37.3 Å². The van der Waals surface area contributed by atoms with Gasteiger partial charge in [0.15, 0.2) is 11.6 Å². The first-order chi connectivity index (χ1) is 23.3. The van der Waals surface area contributed by atoms with Gasteiger partial charge in [-0.25, -0.2) is 18.4 Å². The lowest BCUT2D eigenvalue weighted by molar-refractivity contribution is -0.139. The third-order valence-corrected chi connectivity index (χ3v) is 5.89. The van der Waals surface area contributed by atoms with Crippen molar-refractivity contribution in [3.63, 3.8) is 0 Å². The van der Waals surface area contributed by atoms with Gasteiger partial charge >= 0.3 is 11.9 Å². The molecule has 4 rings (SSSR count). The average Bonchev–Trinajstić information content (AvgIpc) is 3.11. The molecule has 4 aromatic carbocycles. The van der Waals surface area contributed by atoms with Gasteiger partial charge in [-0.3, -0.25) is 0 Å². The van der Waals surface area contributed by atoms with Gasteiger partial charge in [0.05, 0.1) is 22.7 Å². The zero-order valence-corrected chi connectivity index (χ0v) is 25.4. The Bertz CT molecular complexity index is 1700. The predicted octanol–water partition coefficient (Wildman–Crippen LogP) is 9.43. The van der Waals surface area contributed by atoms with Crippen LogP contribution in [0.3, 0.4) is 0 Å². The molecule has 0 saturated carbocycles. The first-order valence-electron chi connectivity index (χ1n) is 14.2. The van der Waals surface area contributed by atoms with Gasteiger partial charge in [-0.1, -0.05) is 13.2 Å². The van der Waals surface area contributed by atoms with Crippen LogP contribution in [0.15, 0.2) is 141 Å². The Morgan fingerprint density at radius 1 is 0.521 bits per heavy atom. The Morgan fingerprint density at radius 3 is 1.23 bits per heavy atom. The largest absolute Gasteiger partial charge is 0.490 e. The fourth-order valence-corrected chi connectivity index (χ4v) is 3.56. The minimum absolute atomic E-state index is 0.0812. The number of esters is 2. The van der Waals surface area contributed by atoms with Crippen LogP contribution in [0.25, 0.3) is 0 Å². The van der Waals surface area contributed by atoms with Crippen LogP contribution < -0.4 is 9.47 Å². The maximum Gasteiger partial charge on any atom is 0.330 e. The van der Waals surface area contributed by atoms with Crippen molar-refractivity contribution in [3.8, 4) is 11.5 Å². The summed E-state index contributed by atoms with van der Waals surface area (Å²) < 4.78 is 49.9. The molecule has 0 N–H and O–H groups in total. The van der Waals surface area contributed by atoms with E-state index in [1.807, 2.05) is 0 Å². The van der Waals surface area contributed by atoms with Crippen LogP contribution in [0, 0.1) is 11.6 Å². The van der Waals surface area contributed by atoms with E-state index in [1.165, 1.54) is 24.3 Å². The molecule has 0 radical (unpaired) electrons. The van der Waals surface area contributed by atoms with E-state index in [1.54, 1.807) is 48.5 Å². The van der Waals surface area contributed by atoms with Crippen molar-refractivity contribution in [1.29, 1.82) is 0 Å². The van der Waals surface area contributed by atoms with E-state index in [-0.39, 0.29) is 49.2 Å². The van der Waals surface area contributed by atoms with Crippen LogP contribution in [-0.4, -0.2) is 38.4 Å². The standard InChI is InChI=1S/C34H28F2N6O6/c1-3-33(43)47-19-17-45-27-11-5-23(6-12-27)37-39-25-9-15-31(29(35)21-25)41-42-32-16-10-26(22-30(32)36)40-38-24-7-13-28(14-8-24)46-18-20-48-34(44)4-2/h3-16,21-22H,1-2,17-20H2. The van der Waals surface area contributed by atoms with Crippen molar-refractivity contribution in [2.24, 2.45) is 30.7 Å². The topological polar surface area (TPSA) is 145 Å². The lowest BCUT2D eigenvalue weighted by Gasteiger charge is -2.06. The Morgan fingerprint density at radius 2 is 0.875 bits per heavy atom. The monoisotopic (exact) mass is 654 g/mol. The maximum absolute atomic E-state index is 14.7. The first-order valence-corrected chi connectivity index (χ1v) is 14.2. The third-order valence-electron chi connectivity index (χ3n) is 5.89. The number of hydrogen-bond donors (Lipinski definition) is 0. The summed E-state index contributed by atoms with van der Waals surface area (Å²) in [5, 5.41) is 23.8. The van der Waals surface area contributed by atoms with E-state index in [0.717, 1.165) is 24.3 Å². The summed E-state index contributed by atoms with van der Waals surface area (Å²) >= 11 is 0. The van der Waals surface area contributed by atoms with Crippen LogP contribution in [0.2, 0.25) is 0 Å². The van der Waals surface area contributed by atoms with Gasteiger partial charge in [0, 0.05) is 24.3 Å². The molecule has 0 saturated heterocycles. The number of hydrogen-bond acceptors (Lipinski definition) is 12. The second kappa shape index (κ2) is 17.9. The Kier molecular flexibility index (Phi) is 12.8. The smallest absolute Gasteiger partial charge is 0.330 e. The number of carbonyl (C=O) groups excluding carboxylic acids is 2. The molecule has 12 nitrogen and oxygen atoms in total. The number of carbonyl (C=O) groups is 2. The van der Waals surface area contributed by atoms with Crippen molar-refractivity contribution in [2.45, 2.75) is 0 Å². The number of nitrogens with zero attached hydrogens (tertiary/aromatic N) is 6. The fraction of sp³-hybridized carbons (Fsp3) is 0.118. The van der Waals surface area contributed by atoms with E-state index in [9.17, 15) is 18.4 Å². The molecule has 0 heterocycles. The highest BCUT2D eigenvalue weighted by atomic mass is 19.1. The van der Waals surface area contributed by atoms with E-state index in [4.69, 9.17) is 18.9 Å². The molecule has 0 spiro atoms. The molecule has 0 fully saturated rings. The van der Waals surface area contributed by atoms with Gasteiger partial charge in [-0.15, -0.1) is 10.2 Å². The summed E-state index contributed by atoms with van der Waals surface area (Å²) in [5.41, 5.74) is 1.20. The molecule has 244 valence electrons. The van der Waals surface area contributed by atoms with E-state index in [0.29, 0.717) is 22.9 Å². The zero-order valence-electron chi connectivity index (χ0n) is 25.4. The number of ether oxygens (including phenoxy) is 4. The average molecular weight is 655 g/mol. The van der Waals surface area contributed by atoms with Crippen LogP contribution >= 0.6 is 0 Å². The molecular weight excluding hydrogens is 626 g/mol. The molecule has 0 bridgehead atoms. The first kappa shape index (κ1) is 34.4. The molecule has 0 aliphatic heterocycles.